The first-order chi connectivity index (χ1) is 13.8. The molecule has 29 heavy (non-hydrogen) atoms. The van der Waals surface area contributed by atoms with Gasteiger partial charge in [-0.15, -0.1) is 0 Å². The topological polar surface area (TPSA) is 40.6 Å². The second-order valence-corrected chi connectivity index (χ2v) is 10.6. The van der Waals surface area contributed by atoms with Crippen molar-refractivity contribution in [2.75, 3.05) is 13.2 Å². The maximum absolute atomic E-state index is 6.50. The van der Waals surface area contributed by atoms with Crippen LogP contribution in [0.2, 0.25) is 0 Å². The van der Waals surface area contributed by atoms with Crippen molar-refractivity contribution in [2.45, 2.75) is 79.1 Å². The van der Waals surface area contributed by atoms with Gasteiger partial charge in [-0.05, 0) is 61.0 Å². The molecular weight excluding hydrogens is 362 g/mol. The van der Waals surface area contributed by atoms with Crippen LogP contribution in [0.4, 0.5) is 0 Å². The van der Waals surface area contributed by atoms with Gasteiger partial charge < -0.3 is 14.2 Å². The number of fused-ring (bicyclic) bond motifs is 3. The van der Waals surface area contributed by atoms with Gasteiger partial charge >= 0.3 is 0 Å². The van der Waals surface area contributed by atoms with Gasteiger partial charge in [0.15, 0.2) is 6.29 Å². The van der Waals surface area contributed by atoms with E-state index in [9.17, 15) is 0 Å². The number of hydrogen-bond acceptors (Lipinski definition) is 4. The molecule has 0 N–H and O–H groups in total. The summed E-state index contributed by atoms with van der Waals surface area (Å²) in [7, 11) is 0. The van der Waals surface area contributed by atoms with Crippen LogP contribution in [-0.2, 0) is 9.47 Å². The van der Waals surface area contributed by atoms with E-state index in [0.29, 0.717) is 29.3 Å². The Hall–Kier alpha value is -1.13. The summed E-state index contributed by atoms with van der Waals surface area (Å²) in [5.41, 5.74) is 0.463. The lowest BCUT2D eigenvalue weighted by Gasteiger charge is -2.63. The molecule has 0 spiro atoms. The molecule has 1 aromatic rings. The fraction of sp³-hybridized carbons (Fsp3) is 0.800. The highest BCUT2D eigenvalue weighted by Gasteiger charge is 2.60. The monoisotopic (exact) mass is 401 g/mol. The second-order valence-electron chi connectivity index (χ2n) is 10.6. The number of hydrogen-bond donors (Lipinski definition) is 0. The molecule has 2 aliphatic carbocycles. The number of ether oxygens (including phenoxy) is 3. The largest absolute Gasteiger partial charge is 0.493 e. The third-order valence-corrected chi connectivity index (χ3v) is 8.47. The molecule has 1 aromatic heterocycles. The first-order valence-corrected chi connectivity index (χ1v) is 11.6. The van der Waals surface area contributed by atoms with Gasteiger partial charge in [0.2, 0.25) is 0 Å². The quantitative estimate of drug-likeness (QED) is 0.633. The minimum Gasteiger partial charge on any atom is -0.493 e. The van der Waals surface area contributed by atoms with E-state index in [1.165, 1.54) is 19.3 Å². The molecular formula is C25H39NO3. The predicted octanol–water partition coefficient (Wildman–Crippen LogP) is 5.72. The van der Waals surface area contributed by atoms with E-state index in [4.69, 9.17) is 14.2 Å². The number of aromatic nitrogens is 1. The van der Waals surface area contributed by atoms with Crippen LogP contribution in [0.5, 0.6) is 5.75 Å². The van der Waals surface area contributed by atoms with Crippen molar-refractivity contribution in [1.29, 1.82) is 0 Å². The van der Waals surface area contributed by atoms with Gasteiger partial charge in [0, 0.05) is 23.7 Å². The molecule has 4 rings (SSSR count). The second kappa shape index (κ2) is 8.19. The molecule has 0 bridgehead atoms. The minimum absolute atomic E-state index is 0.0375. The first-order valence-electron chi connectivity index (χ1n) is 11.6. The van der Waals surface area contributed by atoms with E-state index >= 15 is 0 Å². The summed E-state index contributed by atoms with van der Waals surface area (Å²) in [6.45, 7) is 13.5. The standard InChI is InChI=1S/C25H39NO3/c1-17(2)23-28-16-25(5)21-7-6-18(3)20(24(21,4)12-8-22(25)29-23)11-15-27-19-9-13-26-14-10-19/h9-10,13-14,17-18,20-23H,6-8,11-12,15-16H2,1-5H3/t18?,20-,21?,22-,23-,24+,25+/m1/s1. The molecule has 2 heterocycles. The Balaban J connectivity index is 1.48. The third-order valence-electron chi connectivity index (χ3n) is 8.47. The molecule has 2 unspecified atom stereocenters. The number of pyridine rings is 1. The molecule has 0 amide bonds. The Kier molecular flexibility index (Phi) is 5.96. The summed E-state index contributed by atoms with van der Waals surface area (Å²) < 4.78 is 18.8. The lowest BCUT2D eigenvalue weighted by atomic mass is 9.45. The van der Waals surface area contributed by atoms with Crippen molar-refractivity contribution in [2.24, 2.45) is 34.5 Å². The van der Waals surface area contributed by atoms with E-state index in [0.717, 1.165) is 37.7 Å². The van der Waals surface area contributed by atoms with E-state index in [2.05, 4.69) is 39.6 Å². The molecule has 1 saturated heterocycles. The van der Waals surface area contributed by atoms with Gasteiger partial charge in [0.1, 0.15) is 5.75 Å². The number of nitrogens with zero attached hydrogens (tertiary/aromatic N) is 1. The molecule has 3 fully saturated rings. The van der Waals surface area contributed by atoms with Crippen molar-refractivity contribution < 1.29 is 14.2 Å². The summed E-state index contributed by atoms with van der Waals surface area (Å²) in [6, 6.07) is 3.89. The lowest BCUT2D eigenvalue weighted by Crippen LogP contribution is -2.62. The van der Waals surface area contributed by atoms with Gasteiger partial charge in [-0.3, -0.25) is 4.98 Å². The summed E-state index contributed by atoms with van der Waals surface area (Å²) in [4.78, 5) is 4.08. The van der Waals surface area contributed by atoms with Crippen molar-refractivity contribution in [1.82, 2.24) is 4.98 Å². The van der Waals surface area contributed by atoms with E-state index in [-0.39, 0.29) is 11.7 Å². The summed E-state index contributed by atoms with van der Waals surface area (Å²) in [6.07, 6.45) is 10.0. The zero-order valence-electron chi connectivity index (χ0n) is 18.9. The smallest absolute Gasteiger partial charge is 0.160 e. The van der Waals surface area contributed by atoms with E-state index in [1.807, 2.05) is 12.1 Å². The minimum atomic E-state index is -0.0375. The normalized spacial score (nSPS) is 42.2. The van der Waals surface area contributed by atoms with Crippen LogP contribution in [0.3, 0.4) is 0 Å². The highest BCUT2D eigenvalue weighted by atomic mass is 16.7. The van der Waals surface area contributed by atoms with Crippen LogP contribution in [0.15, 0.2) is 24.5 Å². The Labute approximate surface area is 176 Å². The van der Waals surface area contributed by atoms with Crippen LogP contribution in [-0.4, -0.2) is 30.6 Å². The summed E-state index contributed by atoms with van der Waals surface area (Å²) in [5, 5.41) is 0. The van der Waals surface area contributed by atoms with Crippen LogP contribution in [0.1, 0.15) is 66.7 Å². The van der Waals surface area contributed by atoms with Crippen molar-refractivity contribution in [3.63, 3.8) is 0 Å². The maximum Gasteiger partial charge on any atom is 0.160 e. The summed E-state index contributed by atoms with van der Waals surface area (Å²) in [5.74, 6) is 3.42. The predicted molar refractivity (Wildman–Crippen MR) is 115 cm³/mol. The average molecular weight is 402 g/mol. The average Bonchev–Trinajstić information content (AvgIpc) is 2.70. The van der Waals surface area contributed by atoms with Gasteiger partial charge in [-0.1, -0.05) is 41.0 Å². The van der Waals surface area contributed by atoms with Crippen molar-refractivity contribution >= 4 is 0 Å². The molecule has 4 nitrogen and oxygen atoms in total. The van der Waals surface area contributed by atoms with Gasteiger partial charge in [0.25, 0.3) is 0 Å². The summed E-state index contributed by atoms with van der Waals surface area (Å²) >= 11 is 0. The van der Waals surface area contributed by atoms with Crippen LogP contribution in [0.25, 0.3) is 0 Å². The molecule has 4 heteroatoms. The fourth-order valence-corrected chi connectivity index (χ4v) is 6.89. The van der Waals surface area contributed by atoms with E-state index in [1.54, 1.807) is 12.4 Å². The molecule has 0 radical (unpaired) electrons. The van der Waals surface area contributed by atoms with Gasteiger partial charge in [0.05, 0.1) is 19.3 Å². The SMILES string of the molecule is CC(C)[C@@H]1OC[C@@]2(C)C3CCC(C)[C@@H](CCOc4ccncc4)[C@]3(C)CC[C@H]2O1. The van der Waals surface area contributed by atoms with Gasteiger partial charge in [-0.2, -0.15) is 0 Å². The molecule has 2 saturated carbocycles. The van der Waals surface area contributed by atoms with Crippen molar-refractivity contribution in [3.05, 3.63) is 24.5 Å². The number of rotatable bonds is 5. The fourth-order valence-electron chi connectivity index (χ4n) is 6.89. The van der Waals surface area contributed by atoms with Gasteiger partial charge in [-0.25, -0.2) is 0 Å². The highest BCUT2D eigenvalue weighted by Crippen LogP contribution is 2.63. The molecule has 1 aliphatic heterocycles. The molecule has 162 valence electrons. The lowest BCUT2D eigenvalue weighted by molar-refractivity contribution is -0.317. The maximum atomic E-state index is 6.50. The first kappa shape index (κ1) is 21.1. The Morgan fingerprint density at radius 3 is 2.62 bits per heavy atom. The Morgan fingerprint density at radius 1 is 1.14 bits per heavy atom. The Morgan fingerprint density at radius 2 is 1.90 bits per heavy atom. The van der Waals surface area contributed by atoms with E-state index < -0.39 is 0 Å². The Bertz CT molecular complexity index is 680. The molecule has 3 aliphatic rings. The highest BCUT2D eigenvalue weighted by molar-refractivity contribution is 5.16. The van der Waals surface area contributed by atoms with Crippen LogP contribution >= 0.6 is 0 Å². The van der Waals surface area contributed by atoms with Crippen molar-refractivity contribution in [3.8, 4) is 5.75 Å². The van der Waals surface area contributed by atoms with Crippen LogP contribution in [0, 0.1) is 34.5 Å². The zero-order chi connectivity index (χ0) is 20.6. The van der Waals surface area contributed by atoms with Crippen LogP contribution < -0.4 is 4.74 Å². The molecule has 7 atom stereocenters. The third kappa shape index (κ3) is 3.83. The molecule has 0 aromatic carbocycles. The zero-order valence-corrected chi connectivity index (χ0v) is 18.9.